The van der Waals surface area contributed by atoms with Crippen molar-refractivity contribution in [2.75, 3.05) is 11.1 Å². The van der Waals surface area contributed by atoms with Crippen LogP contribution in [-0.4, -0.2) is 41.6 Å². The molecule has 0 spiro atoms. The zero-order valence-corrected chi connectivity index (χ0v) is 22.4. The summed E-state index contributed by atoms with van der Waals surface area (Å²) in [6, 6.07) is 12.6. The van der Waals surface area contributed by atoms with E-state index in [1.165, 1.54) is 16.8 Å². The highest BCUT2D eigenvalue weighted by molar-refractivity contribution is 6.30. The predicted molar refractivity (Wildman–Crippen MR) is 149 cm³/mol. The van der Waals surface area contributed by atoms with Crippen molar-refractivity contribution >= 4 is 40.0 Å². The van der Waals surface area contributed by atoms with E-state index < -0.39 is 24.1 Å². The minimum Gasteiger partial charge on any atom is -0.383 e. The van der Waals surface area contributed by atoms with Crippen molar-refractivity contribution in [2.45, 2.75) is 32.6 Å². The zero-order valence-electron chi connectivity index (χ0n) is 21.6. The molecule has 0 unspecified atom stereocenters. The van der Waals surface area contributed by atoms with Crippen LogP contribution in [0.3, 0.4) is 0 Å². The average molecular weight is 583 g/mol. The first-order valence-corrected chi connectivity index (χ1v) is 12.6. The molecule has 0 bridgehead atoms. The number of fused-ring (bicyclic) bond motifs is 1. The van der Waals surface area contributed by atoms with Gasteiger partial charge in [-0.1, -0.05) is 35.9 Å². The van der Waals surface area contributed by atoms with Gasteiger partial charge in [-0.05, 0) is 43.7 Å². The molecule has 2 aromatic carbocycles. The van der Waals surface area contributed by atoms with Crippen molar-refractivity contribution in [2.24, 2.45) is 0 Å². The Bertz CT molecular complexity index is 1810. The van der Waals surface area contributed by atoms with Gasteiger partial charge in [0, 0.05) is 34.1 Å². The maximum Gasteiger partial charge on any atom is 0.408 e. The smallest absolute Gasteiger partial charge is 0.383 e. The highest BCUT2D eigenvalue weighted by Gasteiger charge is 2.31. The number of rotatable bonds is 6. The Hall–Kier alpha value is -4.78. The Morgan fingerprint density at radius 3 is 2.32 bits per heavy atom. The van der Waals surface area contributed by atoms with E-state index in [0.717, 1.165) is 11.0 Å². The molecule has 0 radical (unpaired) electrons. The first-order chi connectivity index (χ1) is 19.4. The Balaban J connectivity index is 1.47. The number of aromatic nitrogens is 6. The van der Waals surface area contributed by atoms with Gasteiger partial charge in [-0.3, -0.25) is 14.3 Å². The topological polar surface area (TPSA) is 134 Å². The number of hydrogen-bond acceptors (Lipinski definition) is 7. The molecule has 3 heterocycles. The number of benzene rings is 2. The van der Waals surface area contributed by atoms with Crippen molar-refractivity contribution < 1.29 is 18.0 Å². The molecule has 3 N–H and O–H groups in total. The quantitative estimate of drug-likeness (QED) is 0.276. The number of amides is 1. The van der Waals surface area contributed by atoms with Gasteiger partial charge in [0.15, 0.2) is 11.3 Å². The van der Waals surface area contributed by atoms with Crippen molar-refractivity contribution in [3.8, 4) is 22.4 Å². The summed E-state index contributed by atoms with van der Waals surface area (Å²) in [5.41, 5.74) is 6.77. The average Bonchev–Trinajstić information content (AvgIpc) is 3.27. The number of halogens is 4. The lowest BCUT2D eigenvalue weighted by Gasteiger charge is -2.14. The van der Waals surface area contributed by atoms with Crippen LogP contribution in [0.5, 0.6) is 0 Å². The lowest BCUT2D eigenvalue weighted by molar-refractivity contribution is -0.141. The molecular formula is C27H22ClF3N8O2. The van der Waals surface area contributed by atoms with Crippen LogP contribution < -0.4 is 16.5 Å². The van der Waals surface area contributed by atoms with E-state index in [0.29, 0.717) is 21.8 Å². The van der Waals surface area contributed by atoms with Gasteiger partial charge >= 0.3 is 6.18 Å². The zero-order chi connectivity index (χ0) is 29.5. The summed E-state index contributed by atoms with van der Waals surface area (Å²) in [4.78, 5) is 34.3. The summed E-state index contributed by atoms with van der Waals surface area (Å²) in [6.07, 6.45) is -1.88. The van der Waals surface area contributed by atoms with Crippen LogP contribution in [0.1, 0.15) is 30.4 Å². The molecule has 210 valence electrons. The minimum absolute atomic E-state index is 0.0242. The van der Waals surface area contributed by atoms with Crippen LogP contribution in [0.4, 0.5) is 24.7 Å². The third-order valence-electron chi connectivity index (χ3n) is 6.14. The molecule has 0 aliphatic heterocycles. The second kappa shape index (κ2) is 10.7. The van der Waals surface area contributed by atoms with Crippen LogP contribution >= 0.6 is 11.6 Å². The molecule has 5 rings (SSSR count). The second-order valence-corrected chi connectivity index (χ2v) is 9.85. The molecule has 14 heteroatoms. The number of nitrogens with two attached hydrogens (primary N) is 1. The molecule has 0 saturated carbocycles. The number of nitrogen functional groups attached to an aromatic ring is 1. The Morgan fingerprint density at radius 1 is 1.02 bits per heavy atom. The normalized spacial score (nSPS) is 11.8. The number of alkyl halides is 3. The number of hydrogen-bond donors (Lipinski definition) is 2. The van der Waals surface area contributed by atoms with Gasteiger partial charge in [0.05, 0.1) is 5.39 Å². The molecule has 10 nitrogen and oxygen atoms in total. The third kappa shape index (κ3) is 5.75. The maximum atomic E-state index is 13.3. The molecule has 0 aliphatic rings. The van der Waals surface area contributed by atoms with Gasteiger partial charge in [0.1, 0.15) is 24.4 Å². The van der Waals surface area contributed by atoms with Gasteiger partial charge in [-0.25, -0.2) is 14.6 Å². The number of anilines is 2. The van der Waals surface area contributed by atoms with E-state index in [4.69, 9.17) is 17.3 Å². The number of nitrogens with zero attached hydrogens (tertiary/aromatic N) is 6. The number of nitrogens with one attached hydrogen (secondary N) is 1. The lowest BCUT2D eigenvalue weighted by Crippen LogP contribution is -2.28. The summed E-state index contributed by atoms with van der Waals surface area (Å²) in [5.74, 6) is -0.755. The van der Waals surface area contributed by atoms with Gasteiger partial charge in [-0.2, -0.15) is 23.4 Å². The molecule has 3 aromatic heterocycles. The third-order valence-corrected chi connectivity index (χ3v) is 6.39. The molecule has 0 atom stereocenters. The first kappa shape index (κ1) is 27.8. The summed E-state index contributed by atoms with van der Waals surface area (Å²) >= 11 is 5.98. The second-order valence-electron chi connectivity index (χ2n) is 9.41. The lowest BCUT2D eigenvalue weighted by atomic mass is 10.1. The molecule has 5 aromatic rings. The van der Waals surface area contributed by atoms with Crippen molar-refractivity contribution in [1.82, 2.24) is 29.5 Å². The summed E-state index contributed by atoms with van der Waals surface area (Å²) in [6.45, 7) is 2.37. The van der Waals surface area contributed by atoms with Crippen molar-refractivity contribution in [3.63, 3.8) is 0 Å². The number of carbonyl (C=O) groups excluding carboxylic acids is 1. The highest BCUT2D eigenvalue weighted by atomic mass is 35.5. The largest absolute Gasteiger partial charge is 0.408 e. The van der Waals surface area contributed by atoms with Crippen LogP contribution in [0.2, 0.25) is 5.02 Å². The van der Waals surface area contributed by atoms with E-state index in [-0.39, 0.29) is 39.8 Å². The van der Waals surface area contributed by atoms with Crippen molar-refractivity contribution in [3.05, 3.63) is 82.0 Å². The fourth-order valence-corrected chi connectivity index (χ4v) is 4.30. The molecule has 41 heavy (non-hydrogen) atoms. The summed E-state index contributed by atoms with van der Waals surface area (Å²) in [7, 11) is 0. The number of carbonyl (C=O) groups is 1. The monoisotopic (exact) mass is 582 g/mol. The Kier molecular flexibility index (Phi) is 7.22. The van der Waals surface area contributed by atoms with Gasteiger partial charge in [-0.15, -0.1) is 0 Å². The van der Waals surface area contributed by atoms with Gasteiger partial charge < -0.3 is 11.1 Å². The van der Waals surface area contributed by atoms with Crippen molar-refractivity contribution in [1.29, 1.82) is 0 Å². The van der Waals surface area contributed by atoms with Gasteiger partial charge in [0.25, 0.3) is 5.91 Å². The van der Waals surface area contributed by atoms with E-state index >= 15 is 0 Å². The van der Waals surface area contributed by atoms with E-state index in [1.807, 2.05) is 13.8 Å². The molecule has 0 aliphatic carbocycles. The van der Waals surface area contributed by atoms with E-state index in [2.05, 4.69) is 25.5 Å². The predicted octanol–water partition coefficient (Wildman–Crippen LogP) is 5.35. The van der Waals surface area contributed by atoms with Crippen LogP contribution in [0, 0.1) is 0 Å². The minimum atomic E-state index is -4.53. The van der Waals surface area contributed by atoms with Crippen LogP contribution in [0.25, 0.3) is 33.4 Å². The highest BCUT2D eigenvalue weighted by Crippen LogP contribution is 2.32. The standard InChI is InChI=1S/C27H22ClF3N8O2/c1-14(2)38-11-19(15-3-7-17(28)8-4-15)23(40)22(37-38)26(41)35-18-9-5-16(6-10-18)21-20-24(32)33-13-34-25(20)39(36-21)12-27(29,30)31/h3-11,13-14H,12H2,1-2H3,(H,35,41)(H2,32,33,34). The van der Waals surface area contributed by atoms with E-state index in [9.17, 15) is 22.8 Å². The Morgan fingerprint density at radius 2 is 1.68 bits per heavy atom. The SMILES string of the molecule is CC(C)n1cc(-c2ccc(Cl)cc2)c(=O)c(C(=O)Nc2ccc(-c3nn(CC(F)(F)F)c4ncnc(N)c34)cc2)n1. The molecular weight excluding hydrogens is 561 g/mol. The Labute approximate surface area is 235 Å². The maximum absolute atomic E-state index is 13.3. The molecule has 1 amide bonds. The fraction of sp³-hybridized carbons (Fsp3) is 0.185. The summed E-state index contributed by atoms with van der Waals surface area (Å²) in [5, 5.41) is 11.7. The van der Waals surface area contributed by atoms with Gasteiger partial charge in [0.2, 0.25) is 5.43 Å². The fourth-order valence-electron chi connectivity index (χ4n) is 4.17. The molecule has 0 fully saturated rings. The first-order valence-electron chi connectivity index (χ1n) is 12.3. The summed E-state index contributed by atoms with van der Waals surface area (Å²) < 4.78 is 41.6. The van der Waals surface area contributed by atoms with E-state index in [1.54, 1.807) is 42.6 Å². The van der Waals surface area contributed by atoms with Crippen LogP contribution in [0.15, 0.2) is 65.8 Å². The van der Waals surface area contributed by atoms with Crippen LogP contribution in [-0.2, 0) is 6.54 Å². The molecule has 0 saturated heterocycles.